The summed E-state index contributed by atoms with van der Waals surface area (Å²) in [7, 11) is 3.86. The predicted molar refractivity (Wildman–Crippen MR) is 88.5 cm³/mol. The number of nitrogens with zero attached hydrogens (tertiary/aromatic N) is 1. The number of ether oxygens (including phenoxy) is 1. The first kappa shape index (κ1) is 15.4. The van der Waals surface area contributed by atoms with Gasteiger partial charge < -0.3 is 15.4 Å². The number of nitrogens with two attached hydrogens (primary N) is 1. The number of hydrogen-bond donors (Lipinski definition) is 1. The Morgan fingerprint density at radius 1 is 1.05 bits per heavy atom. The molecule has 0 aliphatic carbocycles. The zero-order valence-electron chi connectivity index (χ0n) is 12.9. The molecule has 0 fully saturated rings. The van der Waals surface area contributed by atoms with Gasteiger partial charge in [0.15, 0.2) is 0 Å². The summed E-state index contributed by atoms with van der Waals surface area (Å²) in [6.45, 7) is 2.01. The molecule has 0 saturated heterocycles. The van der Waals surface area contributed by atoms with Gasteiger partial charge in [-0.15, -0.1) is 0 Å². The summed E-state index contributed by atoms with van der Waals surface area (Å²) in [5.41, 5.74) is 9.15. The molecule has 0 heterocycles. The highest BCUT2D eigenvalue weighted by molar-refractivity contribution is 5.39. The van der Waals surface area contributed by atoms with Crippen LogP contribution in [0.15, 0.2) is 48.5 Å². The van der Waals surface area contributed by atoms with Crippen molar-refractivity contribution in [1.82, 2.24) is 4.90 Å². The van der Waals surface area contributed by atoms with Crippen LogP contribution in [-0.4, -0.2) is 25.6 Å². The number of aryl methyl sites for hydroxylation is 1. The van der Waals surface area contributed by atoms with E-state index in [1.54, 1.807) is 7.11 Å². The number of anilines is 1. The minimum atomic E-state index is 0.828. The molecule has 3 heteroatoms. The molecule has 21 heavy (non-hydrogen) atoms. The molecular weight excluding hydrogens is 260 g/mol. The van der Waals surface area contributed by atoms with E-state index in [-0.39, 0.29) is 0 Å². The molecule has 0 atom stereocenters. The van der Waals surface area contributed by atoms with Crippen molar-refractivity contribution in [2.24, 2.45) is 0 Å². The van der Waals surface area contributed by atoms with Crippen LogP contribution in [0.3, 0.4) is 0 Å². The summed E-state index contributed by atoms with van der Waals surface area (Å²) < 4.78 is 5.26. The molecule has 2 aromatic rings. The van der Waals surface area contributed by atoms with E-state index in [0.717, 1.165) is 37.4 Å². The Morgan fingerprint density at radius 3 is 2.52 bits per heavy atom. The summed E-state index contributed by atoms with van der Waals surface area (Å²) in [5, 5.41) is 0. The second-order valence-corrected chi connectivity index (χ2v) is 5.43. The minimum absolute atomic E-state index is 0.828. The molecular formula is C18H24N2O. The largest absolute Gasteiger partial charge is 0.497 e. The Morgan fingerprint density at radius 2 is 1.81 bits per heavy atom. The standard InChI is InChI=1S/C18H24N2O/c1-20(14-16-5-3-7-18(13-16)21-2)12-4-6-15-8-10-17(19)11-9-15/h3,5,7-11,13H,4,6,12,14,19H2,1-2H3. The third-order valence-corrected chi connectivity index (χ3v) is 3.57. The van der Waals surface area contributed by atoms with E-state index < -0.39 is 0 Å². The zero-order chi connectivity index (χ0) is 15.1. The average molecular weight is 284 g/mol. The first-order chi connectivity index (χ1) is 10.2. The summed E-state index contributed by atoms with van der Waals surface area (Å²) in [4.78, 5) is 2.34. The monoisotopic (exact) mass is 284 g/mol. The van der Waals surface area contributed by atoms with Crippen LogP contribution in [0.25, 0.3) is 0 Å². The van der Waals surface area contributed by atoms with Gasteiger partial charge in [0, 0.05) is 12.2 Å². The van der Waals surface area contributed by atoms with E-state index in [4.69, 9.17) is 10.5 Å². The number of rotatable bonds is 7. The van der Waals surface area contributed by atoms with Gasteiger partial charge >= 0.3 is 0 Å². The first-order valence-electron chi connectivity index (χ1n) is 7.33. The van der Waals surface area contributed by atoms with Gasteiger partial charge in [0.05, 0.1) is 7.11 Å². The van der Waals surface area contributed by atoms with E-state index >= 15 is 0 Å². The van der Waals surface area contributed by atoms with Gasteiger partial charge in [-0.3, -0.25) is 0 Å². The van der Waals surface area contributed by atoms with Gasteiger partial charge in [-0.2, -0.15) is 0 Å². The van der Waals surface area contributed by atoms with Crippen LogP contribution in [0.5, 0.6) is 5.75 Å². The van der Waals surface area contributed by atoms with E-state index in [1.165, 1.54) is 11.1 Å². The highest BCUT2D eigenvalue weighted by atomic mass is 16.5. The summed E-state index contributed by atoms with van der Waals surface area (Å²) in [6.07, 6.45) is 2.23. The lowest BCUT2D eigenvalue weighted by atomic mass is 10.1. The zero-order valence-corrected chi connectivity index (χ0v) is 12.9. The van der Waals surface area contributed by atoms with Gasteiger partial charge in [0.1, 0.15) is 5.75 Å². The predicted octanol–water partition coefficient (Wildman–Crippen LogP) is 3.34. The Labute approximate surface area is 127 Å². The molecule has 2 aromatic carbocycles. The van der Waals surface area contributed by atoms with E-state index in [0.29, 0.717) is 0 Å². The molecule has 2 N–H and O–H groups in total. The van der Waals surface area contributed by atoms with Crippen molar-refractivity contribution in [3.05, 3.63) is 59.7 Å². The molecule has 0 amide bonds. The van der Waals surface area contributed by atoms with Crippen molar-refractivity contribution in [2.75, 3.05) is 26.4 Å². The number of benzene rings is 2. The highest BCUT2D eigenvalue weighted by Gasteiger charge is 2.02. The molecule has 2 rings (SSSR count). The Kier molecular flexibility index (Phi) is 5.64. The summed E-state index contributed by atoms with van der Waals surface area (Å²) in [6, 6.07) is 16.4. The summed E-state index contributed by atoms with van der Waals surface area (Å²) >= 11 is 0. The van der Waals surface area contributed by atoms with Crippen molar-refractivity contribution in [3.8, 4) is 5.75 Å². The molecule has 112 valence electrons. The van der Waals surface area contributed by atoms with Gasteiger partial charge in [-0.25, -0.2) is 0 Å². The number of hydrogen-bond acceptors (Lipinski definition) is 3. The molecule has 0 spiro atoms. The molecule has 0 aromatic heterocycles. The van der Waals surface area contributed by atoms with Crippen LogP contribution in [0.1, 0.15) is 17.5 Å². The van der Waals surface area contributed by atoms with Gasteiger partial charge in [0.25, 0.3) is 0 Å². The van der Waals surface area contributed by atoms with E-state index in [9.17, 15) is 0 Å². The normalized spacial score (nSPS) is 10.8. The first-order valence-corrected chi connectivity index (χ1v) is 7.33. The maximum atomic E-state index is 5.69. The van der Waals surface area contributed by atoms with Crippen LogP contribution >= 0.6 is 0 Å². The fourth-order valence-electron chi connectivity index (χ4n) is 2.40. The van der Waals surface area contributed by atoms with Crippen molar-refractivity contribution >= 4 is 5.69 Å². The smallest absolute Gasteiger partial charge is 0.119 e. The third kappa shape index (κ3) is 5.12. The van der Waals surface area contributed by atoms with Crippen LogP contribution in [0, 0.1) is 0 Å². The van der Waals surface area contributed by atoms with Crippen LogP contribution in [-0.2, 0) is 13.0 Å². The van der Waals surface area contributed by atoms with Crippen LogP contribution in [0.4, 0.5) is 5.69 Å². The lowest BCUT2D eigenvalue weighted by Crippen LogP contribution is -2.19. The third-order valence-electron chi connectivity index (χ3n) is 3.57. The average Bonchev–Trinajstić information content (AvgIpc) is 2.49. The fourth-order valence-corrected chi connectivity index (χ4v) is 2.40. The second-order valence-electron chi connectivity index (χ2n) is 5.43. The lowest BCUT2D eigenvalue weighted by Gasteiger charge is -2.17. The maximum absolute atomic E-state index is 5.69. The molecule has 0 bridgehead atoms. The van der Waals surface area contributed by atoms with E-state index in [1.807, 2.05) is 24.3 Å². The molecule has 3 nitrogen and oxygen atoms in total. The quantitative estimate of drug-likeness (QED) is 0.793. The Balaban J connectivity index is 1.76. The maximum Gasteiger partial charge on any atom is 0.119 e. The van der Waals surface area contributed by atoms with Gasteiger partial charge in [0.2, 0.25) is 0 Å². The topological polar surface area (TPSA) is 38.5 Å². The molecule has 0 aliphatic heterocycles. The minimum Gasteiger partial charge on any atom is -0.497 e. The highest BCUT2D eigenvalue weighted by Crippen LogP contribution is 2.14. The Bertz CT molecular complexity index is 551. The van der Waals surface area contributed by atoms with Crippen molar-refractivity contribution < 1.29 is 4.74 Å². The summed E-state index contributed by atoms with van der Waals surface area (Å²) in [5.74, 6) is 0.919. The fraction of sp³-hybridized carbons (Fsp3) is 0.333. The molecule has 0 radical (unpaired) electrons. The Hall–Kier alpha value is -2.00. The lowest BCUT2D eigenvalue weighted by molar-refractivity contribution is 0.321. The van der Waals surface area contributed by atoms with E-state index in [2.05, 4.69) is 36.2 Å². The van der Waals surface area contributed by atoms with Crippen molar-refractivity contribution in [1.29, 1.82) is 0 Å². The van der Waals surface area contributed by atoms with Gasteiger partial charge in [-0.05, 0) is 61.8 Å². The van der Waals surface area contributed by atoms with Crippen LogP contribution in [0.2, 0.25) is 0 Å². The van der Waals surface area contributed by atoms with Crippen molar-refractivity contribution in [2.45, 2.75) is 19.4 Å². The number of nitrogen functional groups attached to an aromatic ring is 1. The van der Waals surface area contributed by atoms with Crippen molar-refractivity contribution in [3.63, 3.8) is 0 Å². The molecule has 0 unspecified atom stereocenters. The second kappa shape index (κ2) is 7.70. The molecule has 0 saturated carbocycles. The SMILES string of the molecule is COc1cccc(CN(C)CCCc2ccc(N)cc2)c1. The molecule has 0 aliphatic rings. The van der Waals surface area contributed by atoms with Gasteiger partial charge in [-0.1, -0.05) is 24.3 Å². The van der Waals surface area contributed by atoms with Crippen LogP contribution < -0.4 is 10.5 Å². The number of methoxy groups -OCH3 is 1.